The van der Waals surface area contributed by atoms with Crippen LogP contribution in [0.25, 0.3) is 0 Å². The third-order valence-electron chi connectivity index (χ3n) is 2.15. The molecular formula is C9H9BBrN. The van der Waals surface area contributed by atoms with Gasteiger partial charge in [-0.2, -0.15) is 0 Å². The lowest BCUT2D eigenvalue weighted by Gasteiger charge is -2.25. The van der Waals surface area contributed by atoms with Gasteiger partial charge in [-0.1, -0.05) is 12.1 Å². The average Bonchev–Trinajstić information content (AvgIpc) is 2.07. The van der Waals surface area contributed by atoms with E-state index < -0.39 is 0 Å². The van der Waals surface area contributed by atoms with Gasteiger partial charge in [0.15, 0.2) is 0 Å². The molecule has 1 aliphatic heterocycles. The first-order chi connectivity index (χ1) is 5.77. The standard InChI is InChI=1S/C9H9BBrN/c10-8-5-4-6-2-1-3-7(11)9(6)12-8/h1-3,8,12H,4-5H2. The molecule has 3 heteroatoms. The highest BCUT2D eigenvalue weighted by molar-refractivity contribution is 9.10. The normalized spacial score (nSPS) is 21.2. The molecular weight excluding hydrogens is 213 g/mol. The summed E-state index contributed by atoms with van der Waals surface area (Å²) >= 11 is 3.49. The Hall–Kier alpha value is -0.435. The van der Waals surface area contributed by atoms with Gasteiger partial charge in [0.25, 0.3) is 0 Å². The van der Waals surface area contributed by atoms with Crippen molar-refractivity contribution in [3.63, 3.8) is 0 Å². The molecule has 0 bridgehead atoms. The average molecular weight is 222 g/mol. The van der Waals surface area contributed by atoms with Gasteiger partial charge in [-0.25, -0.2) is 0 Å². The molecule has 2 radical (unpaired) electrons. The summed E-state index contributed by atoms with van der Waals surface area (Å²) in [6, 6.07) is 6.23. The summed E-state index contributed by atoms with van der Waals surface area (Å²) in [5.74, 6) is 0.108. The number of anilines is 1. The molecule has 0 aromatic heterocycles. The van der Waals surface area contributed by atoms with Crippen LogP contribution in [0.2, 0.25) is 0 Å². The molecule has 0 fully saturated rings. The van der Waals surface area contributed by atoms with E-state index in [-0.39, 0.29) is 5.94 Å². The summed E-state index contributed by atoms with van der Waals surface area (Å²) in [6.45, 7) is 0. The molecule has 1 aliphatic rings. The minimum Gasteiger partial charge on any atom is -0.390 e. The van der Waals surface area contributed by atoms with Crippen molar-refractivity contribution in [3.8, 4) is 0 Å². The third kappa shape index (κ3) is 1.38. The van der Waals surface area contributed by atoms with E-state index in [0.717, 1.165) is 23.0 Å². The Bertz CT molecular complexity index is 301. The van der Waals surface area contributed by atoms with Crippen molar-refractivity contribution >= 4 is 29.5 Å². The third-order valence-corrected chi connectivity index (χ3v) is 2.82. The summed E-state index contributed by atoms with van der Waals surface area (Å²) in [6.07, 6.45) is 2.09. The van der Waals surface area contributed by atoms with Crippen LogP contribution in [0.5, 0.6) is 0 Å². The predicted molar refractivity (Wildman–Crippen MR) is 55.6 cm³/mol. The molecule has 1 aromatic rings. The van der Waals surface area contributed by atoms with E-state index in [2.05, 4.69) is 33.4 Å². The molecule has 1 heterocycles. The van der Waals surface area contributed by atoms with E-state index in [1.807, 2.05) is 6.07 Å². The van der Waals surface area contributed by atoms with Crippen LogP contribution in [-0.2, 0) is 6.42 Å². The van der Waals surface area contributed by atoms with Crippen LogP contribution < -0.4 is 5.32 Å². The molecule has 2 rings (SSSR count). The van der Waals surface area contributed by atoms with Crippen LogP contribution in [0.1, 0.15) is 12.0 Å². The minimum atomic E-state index is 0.108. The van der Waals surface area contributed by atoms with Crippen LogP contribution in [0, 0.1) is 0 Å². The number of hydrogen-bond acceptors (Lipinski definition) is 1. The lowest BCUT2D eigenvalue weighted by molar-refractivity contribution is 0.779. The number of fused-ring (bicyclic) bond motifs is 1. The summed E-state index contributed by atoms with van der Waals surface area (Å²) < 4.78 is 1.11. The quantitative estimate of drug-likeness (QED) is 0.664. The zero-order valence-electron chi connectivity index (χ0n) is 6.68. The van der Waals surface area contributed by atoms with Gasteiger partial charge in [-0.05, 0) is 46.3 Å². The molecule has 0 aliphatic carbocycles. The summed E-state index contributed by atoms with van der Waals surface area (Å²) in [5, 5.41) is 3.26. The molecule has 60 valence electrons. The fourth-order valence-electron chi connectivity index (χ4n) is 1.51. The Labute approximate surface area is 82.1 Å². The topological polar surface area (TPSA) is 12.0 Å². The first kappa shape index (κ1) is 8.18. The Morgan fingerprint density at radius 3 is 3.17 bits per heavy atom. The Balaban J connectivity index is 2.43. The Morgan fingerprint density at radius 2 is 2.33 bits per heavy atom. The summed E-state index contributed by atoms with van der Waals surface area (Å²) in [5.41, 5.74) is 2.52. The number of halogens is 1. The zero-order chi connectivity index (χ0) is 8.55. The lowest BCUT2D eigenvalue weighted by atomic mass is 9.86. The second-order valence-electron chi connectivity index (χ2n) is 3.06. The van der Waals surface area contributed by atoms with Gasteiger partial charge in [-0.15, -0.1) is 0 Å². The van der Waals surface area contributed by atoms with E-state index in [4.69, 9.17) is 7.85 Å². The highest BCUT2D eigenvalue weighted by Crippen LogP contribution is 2.31. The van der Waals surface area contributed by atoms with E-state index in [1.54, 1.807) is 0 Å². The van der Waals surface area contributed by atoms with E-state index in [9.17, 15) is 0 Å². The van der Waals surface area contributed by atoms with Gasteiger partial charge in [-0.3, -0.25) is 0 Å². The molecule has 1 nitrogen and oxygen atoms in total. The van der Waals surface area contributed by atoms with Crippen LogP contribution in [0.15, 0.2) is 22.7 Å². The number of nitrogens with one attached hydrogen (secondary N) is 1. The van der Waals surface area contributed by atoms with Crippen molar-refractivity contribution in [2.24, 2.45) is 0 Å². The molecule has 1 N–H and O–H groups in total. The van der Waals surface area contributed by atoms with Crippen molar-refractivity contribution in [1.82, 2.24) is 0 Å². The highest BCUT2D eigenvalue weighted by atomic mass is 79.9. The largest absolute Gasteiger partial charge is 0.390 e. The molecule has 1 atom stereocenters. The second kappa shape index (κ2) is 3.13. The second-order valence-corrected chi connectivity index (χ2v) is 3.92. The molecule has 1 aromatic carbocycles. The number of benzene rings is 1. The fourth-order valence-corrected chi connectivity index (χ4v) is 2.03. The highest BCUT2D eigenvalue weighted by Gasteiger charge is 2.14. The molecule has 0 amide bonds. The molecule has 0 saturated heterocycles. The number of rotatable bonds is 0. The number of para-hydroxylation sites is 1. The predicted octanol–water partition coefficient (Wildman–Crippen LogP) is 2.30. The molecule has 0 spiro atoms. The van der Waals surface area contributed by atoms with Gasteiger partial charge in [0.2, 0.25) is 0 Å². The number of hydrogen-bond donors (Lipinski definition) is 1. The van der Waals surface area contributed by atoms with Gasteiger partial charge in [0, 0.05) is 4.47 Å². The van der Waals surface area contributed by atoms with Crippen LogP contribution in [0.4, 0.5) is 5.69 Å². The maximum absolute atomic E-state index is 5.79. The Kier molecular flexibility index (Phi) is 2.13. The van der Waals surface area contributed by atoms with Crippen molar-refractivity contribution in [2.75, 3.05) is 5.32 Å². The van der Waals surface area contributed by atoms with Gasteiger partial charge in [0.1, 0.15) is 0 Å². The SMILES string of the molecule is [B]C1CCc2cccc(Br)c2N1. The monoisotopic (exact) mass is 221 g/mol. The van der Waals surface area contributed by atoms with Gasteiger partial charge in [0.05, 0.1) is 13.5 Å². The van der Waals surface area contributed by atoms with Crippen molar-refractivity contribution in [2.45, 2.75) is 18.8 Å². The summed E-state index contributed by atoms with van der Waals surface area (Å²) in [4.78, 5) is 0. The Morgan fingerprint density at radius 1 is 1.50 bits per heavy atom. The van der Waals surface area contributed by atoms with Crippen LogP contribution in [-0.4, -0.2) is 13.8 Å². The molecule has 12 heavy (non-hydrogen) atoms. The first-order valence-electron chi connectivity index (χ1n) is 4.07. The zero-order valence-corrected chi connectivity index (χ0v) is 8.26. The number of aryl methyl sites for hydroxylation is 1. The minimum absolute atomic E-state index is 0.108. The smallest absolute Gasteiger partial charge is 0.0986 e. The van der Waals surface area contributed by atoms with Crippen molar-refractivity contribution < 1.29 is 0 Å². The molecule has 1 unspecified atom stereocenters. The fraction of sp³-hybridized carbons (Fsp3) is 0.333. The lowest BCUT2D eigenvalue weighted by Crippen LogP contribution is -2.25. The van der Waals surface area contributed by atoms with Crippen LogP contribution in [0.3, 0.4) is 0 Å². The van der Waals surface area contributed by atoms with Gasteiger partial charge >= 0.3 is 0 Å². The summed E-state index contributed by atoms with van der Waals surface area (Å²) in [7, 11) is 5.79. The maximum Gasteiger partial charge on any atom is 0.0986 e. The van der Waals surface area contributed by atoms with Crippen molar-refractivity contribution in [3.05, 3.63) is 28.2 Å². The molecule has 0 saturated carbocycles. The van der Waals surface area contributed by atoms with Gasteiger partial charge < -0.3 is 5.32 Å². The van der Waals surface area contributed by atoms with Crippen LogP contribution >= 0.6 is 15.9 Å². The van der Waals surface area contributed by atoms with E-state index in [0.29, 0.717) is 0 Å². The maximum atomic E-state index is 5.79. The van der Waals surface area contributed by atoms with E-state index in [1.165, 1.54) is 5.56 Å². The first-order valence-corrected chi connectivity index (χ1v) is 4.86. The van der Waals surface area contributed by atoms with Crippen molar-refractivity contribution in [1.29, 1.82) is 0 Å². The van der Waals surface area contributed by atoms with E-state index >= 15 is 0 Å².